The van der Waals surface area contributed by atoms with Crippen molar-refractivity contribution in [2.45, 2.75) is 13.3 Å². The Morgan fingerprint density at radius 2 is 1.60 bits per heavy atom. The minimum absolute atomic E-state index is 0.136. The summed E-state index contributed by atoms with van der Waals surface area (Å²) in [6, 6.07) is 20.8. The van der Waals surface area contributed by atoms with Crippen molar-refractivity contribution in [3.05, 3.63) is 66.2 Å². The molecule has 0 spiro atoms. The summed E-state index contributed by atoms with van der Waals surface area (Å²) in [4.78, 5) is 28.0. The van der Waals surface area contributed by atoms with Crippen LogP contribution in [0.25, 0.3) is 11.3 Å². The van der Waals surface area contributed by atoms with Crippen LogP contribution in [-0.2, 0) is 11.2 Å². The van der Waals surface area contributed by atoms with Gasteiger partial charge in [-0.1, -0.05) is 48.5 Å². The lowest BCUT2D eigenvalue weighted by atomic mass is 10.1. The van der Waals surface area contributed by atoms with Crippen molar-refractivity contribution in [3.8, 4) is 11.3 Å². The number of carbonyl (C=O) groups excluding carboxylic acids is 1. The van der Waals surface area contributed by atoms with Gasteiger partial charge in [0.2, 0.25) is 11.9 Å². The molecule has 2 aromatic carbocycles. The van der Waals surface area contributed by atoms with Gasteiger partial charge in [0.05, 0.1) is 5.69 Å². The van der Waals surface area contributed by atoms with E-state index in [1.165, 1.54) is 11.3 Å². The normalized spacial score (nSPS) is 16.0. The van der Waals surface area contributed by atoms with Crippen LogP contribution in [0.5, 0.6) is 0 Å². The lowest BCUT2D eigenvalue weighted by Gasteiger charge is -2.35. The second-order valence-corrected chi connectivity index (χ2v) is 7.80. The maximum Gasteiger partial charge on any atom is 0.232 e. The van der Waals surface area contributed by atoms with Crippen LogP contribution in [0.15, 0.2) is 60.7 Å². The molecule has 0 unspecified atom stereocenters. The third-order valence-electron chi connectivity index (χ3n) is 5.95. The maximum absolute atomic E-state index is 11.7. The van der Waals surface area contributed by atoms with Gasteiger partial charge in [-0.05, 0) is 18.1 Å². The standard InChI is InChI=1S/C24H25N5O/c1-18(30)27-13-15-28(16-14-27)23-17-21(19-7-3-2-4-8-19)25-24(26-23)29-12-11-20-9-5-6-10-22(20)29/h2-10,17H,11-16H2,1H3. The van der Waals surface area contributed by atoms with Gasteiger partial charge in [0, 0.05) is 57.0 Å². The van der Waals surface area contributed by atoms with Crippen LogP contribution < -0.4 is 9.80 Å². The zero-order valence-electron chi connectivity index (χ0n) is 17.2. The van der Waals surface area contributed by atoms with E-state index in [9.17, 15) is 4.79 Å². The monoisotopic (exact) mass is 399 g/mol. The quantitative estimate of drug-likeness (QED) is 0.675. The Balaban J connectivity index is 1.53. The largest absolute Gasteiger partial charge is 0.353 e. The number of anilines is 3. The molecule has 3 aromatic rings. The van der Waals surface area contributed by atoms with Crippen LogP contribution in [0.3, 0.4) is 0 Å². The smallest absolute Gasteiger partial charge is 0.232 e. The summed E-state index contributed by atoms with van der Waals surface area (Å²) < 4.78 is 0. The van der Waals surface area contributed by atoms with Gasteiger partial charge in [-0.25, -0.2) is 4.98 Å². The number of nitrogens with zero attached hydrogens (tertiary/aromatic N) is 5. The Bertz CT molecular complexity index is 1060. The fourth-order valence-corrected chi connectivity index (χ4v) is 4.26. The van der Waals surface area contributed by atoms with Crippen LogP contribution >= 0.6 is 0 Å². The summed E-state index contributed by atoms with van der Waals surface area (Å²) in [6.45, 7) is 5.53. The van der Waals surface area contributed by atoms with Crippen molar-refractivity contribution in [1.82, 2.24) is 14.9 Å². The Hall–Kier alpha value is -3.41. The van der Waals surface area contributed by atoms with E-state index in [0.29, 0.717) is 0 Å². The van der Waals surface area contributed by atoms with Gasteiger partial charge in [-0.2, -0.15) is 4.98 Å². The van der Waals surface area contributed by atoms with E-state index in [1.807, 2.05) is 23.1 Å². The predicted octanol–water partition coefficient (Wildman–Crippen LogP) is 3.51. The first-order chi connectivity index (χ1) is 14.7. The van der Waals surface area contributed by atoms with Crippen LogP contribution in [0.2, 0.25) is 0 Å². The van der Waals surface area contributed by atoms with Crippen LogP contribution in [0.4, 0.5) is 17.5 Å². The minimum atomic E-state index is 0.136. The molecule has 0 aliphatic carbocycles. The number of para-hydroxylation sites is 1. The number of aromatic nitrogens is 2. The van der Waals surface area contributed by atoms with Crippen molar-refractivity contribution >= 4 is 23.4 Å². The average molecular weight is 399 g/mol. The molecule has 0 atom stereocenters. The minimum Gasteiger partial charge on any atom is -0.353 e. The van der Waals surface area contributed by atoms with Gasteiger partial charge in [0.25, 0.3) is 0 Å². The number of hydrogen-bond acceptors (Lipinski definition) is 5. The molecule has 3 heterocycles. The van der Waals surface area contributed by atoms with E-state index < -0.39 is 0 Å². The average Bonchev–Trinajstić information content (AvgIpc) is 3.24. The molecule has 6 heteroatoms. The molecule has 5 rings (SSSR count). The summed E-state index contributed by atoms with van der Waals surface area (Å²) >= 11 is 0. The number of rotatable bonds is 3. The van der Waals surface area contributed by atoms with Gasteiger partial charge in [-0.15, -0.1) is 0 Å². The van der Waals surface area contributed by atoms with Gasteiger partial charge in [0.15, 0.2) is 0 Å². The molecule has 2 aliphatic rings. The Labute approximate surface area is 176 Å². The molecule has 0 bridgehead atoms. The summed E-state index contributed by atoms with van der Waals surface area (Å²) in [5.41, 5.74) is 4.53. The van der Waals surface area contributed by atoms with E-state index in [1.54, 1.807) is 6.92 Å². The second kappa shape index (κ2) is 7.78. The Morgan fingerprint density at radius 1 is 0.867 bits per heavy atom. The van der Waals surface area contributed by atoms with Crippen molar-refractivity contribution < 1.29 is 4.79 Å². The molecule has 30 heavy (non-hydrogen) atoms. The summed E-state index contributed by atoms with van der Waals surface area (Å²) in [5.74, 6) is 1.80. The first-order valence-corrected chi connectivity index (χ1v) is 10.5. The van der Waals surface area contributed by atoms with E-state index >= 15 is 0 Å². The number of hydrogen-bond donors (Lipinski definition) is 0. The van der Waals surface area contributed by atoms with Gasteiger partial charge in [0.1, 0.15) is 5.82 Å². The molecule has 6 nitrogen and oxygen atoms in total. The zero-order valence-corrected chi connectivity index (χ0v) is 17.2. The van der Waals surface area contributed by atoms with Crippen molar-refractivity contribution in [1.29, 1.82) is 0 Å². The fourth-order valence-electron chi connectivity index (χ4n) is 4.26. The SMILES string of the molecule is CC(=O)N1CCN(c2cc(-c3ccccc3)nc(N3CCc4ccccc43)n2)CC1. The second-order valence-electron chi connectivity index (χ2n) is 7.80. The number of fused-ring (bicyclic) bond motifs is 1. The molecule has 0 radical (unpaired) electrons. The molecule has 1 saturated heterocycles. The Kier molecular flexibility index (Phi) is 4.83. The third-order valence-corrected chi connectivity index (χ3v) is 5.95. The van der Waals surface area contributed by atoms with Crippen molar-refractivity contribution in [2.24, 2.45) is 0 Å². The van der Waals surface area contributed by atoms with Crippen LogP contribution in [0, 0.1) is 0 Å². The lowest BCUT2D eigenvalue weighted by molar-refractivity contribution is -0.129. The Morgan fingerprint density at radius 3 is 2.37 bits per heavy atom. The molecule has 1 fully saturated rings. The van der Waals surface area contributed by atoms with E-state index in [4.69, 9.17) is 9.97 Å². The number of benzene rings is 2. The number of piperazine rings is 1. The lowest BCUT2D eigenvalue weighted by Crippen LogP contribution is -2.48. The van der Waals surface area contributed by atoms with Crippen molar-refractivity contribution in [3.63, 3.8) is 0 Å². The zero-order chi connectivity index (χ0) is 20.5. The number of carbonyl (C=O) groups is 1. The molecule has 152 valence electrons. The molecule has 2 aliphatic heterocycles. The fraction of sp³-hybridized carbons (Fsp3) is 0.292. The highest BCUT2D eigenvalue weighted by Crippen LogP contribution is 2.34. The summed E-state index contributed by atoms with van der Waals surface area (Å²) in [6.07, 6.45) is 1.00. The highest BCUT2D eigenvalue weighted by atomic mass is 16.2. The molecule has 0 N–H and O–H groups in total. The third kappa shape index (κ3) is 3.49. The van der Waals surface area contributed by atoms with Crippen LogP contribution in [-0.4, -0.2) is 53.5 Å². The molecule has 1 amide bonds. The first kappa shape index (κ1) is 18.6. The predicted molar refractivity (Wildman–Crippen MR) is 119 cm³/mol. The molecular weight excluding hydrogens is 374 g/mol. The van der Waals surface area contributed by atoms with Gasteiger partial charge < -0.3 is 14.7 Å². The number of amides is 1. The molecule has 0 saturated carbocycles. The first-order valence-electron chi connectivity index (χ1n) is 10.5. The van der Waals surface area contributed by atoms with Gasteiger partial charge >= 0.3 is 0 Å². The maximum atomic E-state index is 11.7. The van der Waals surface area contributed by atoms with Gasteiger partial charge in [-0.3, -0.25) is 4.79 Å². The van der Waals surface area contributed by atoms with Crippen molar-refractivity contribution in [2.75, 3.05) is 42.5 Å². The summed E-state index contributed by atoms with van der Waals surface area (Å²) in [7, 11) is 0. The highest BCUT2D eigenvalue weighted by Gasteiger charge is 2.25. The van der Waals surface area contributed by atoms with Crippen LogP contribution in [0.1, 0.15) is 12.5 Å². The summed E-state index contributed by atoms with van der Waals surface area (Å²) in [5, 5.41) is 0. The van der Waals surface area contributed by atoms with E-state index in [2.05, 4.69) is 52.3 Å². The molecular formula is C24H25N5O. The highest BCUT2D eigenvalue weighted by molar-refractivity contribution is 5.74. The molecule has 1 aromatic heterocycles. The topological polar surface area (TPSA) is 52.6 Å². The van der Waals surface area contributed by atoms with E-state index in [-0.39, 0.29) is 5.91 Å². The van der Waals surface area contributed by atoms with E-state index in [0.717, 1.165) is 62.2 Å².